The molecule has 2 amide bonds. The quantitative estimate of drug-likeness (QED) is 0.678. The Balaban J connectivity index is 2.55. The van der Waals surface area contributed by atoms with Gasteiger partial charge in [0.05, 0.1) is 5.88 Å². The summed E-state index contributed by atoms with van der Waals surface area (Å²) in [6.07, 6.45) is 0. The van der Waals surface area contributed by atoms with Crippen molar-refractivity contribution in [2.75, 3.05) is 18.2 Å². The van der Waals surface area contributed by atoms with Crippen molar-refractivity contribution in [3.05, 3.63) is 0 Å². The molecule has 1 saturated heterocycles. The van der Waals surface area contributed by atoms with E-state index in [9.17, 15) is 9.59 Å². The molecule has 1 rings (SSSR count). The lowest BCUT2D eigenvalue weighted by molar-refractivity contribution is -0.136. The minimum atomic E-state index is -0.332. The molecule has 1 heterocycles. The molecule has 0 radical (unpaired) electrons. The Hall–Kier alpha value is -0.750. The van der Waals surface area contributed by atoms with Crippen LogP contribution in [0, 0.1) is 0 Å². The molecule has 1 aliphatic heterocycles. The van der Waals surface area contributed by atoms with E-state index < -0.39 is 0 Å². The van der Waals surface area contributed by atoms with Crippen molar-refractivity contribution >= 4 is 23.6 Å². The summed E-state index contributed by atoms with van der Waals surface area (Å²) in [6, 6.07) is -0.376. The van der Waals surface area contributed by atoms with Crippen molar-refractivity contribution in [3.63, 3.8) is 0 Å². The molecule has 1 unspecified atom stereocenters. The van der Waals surface area contributed by atoms with Crippen molar-refractivity contribution in [2.45, 2.75) is 25.9 Å². The smallest absolute Gasteiger partial charge is 0.243 e. The van der Waals surface area contributed by atoms with Crippen LogP contribution in [0.25, 0.3) is 0 Å². The summed E-state index contributed by atoms with van der Waals surface area (Å²) >= 11 is 1.59. The first kappa shape index (κ1) is 12.3. The van der Waals surface area contributed by atoms with Crippen LogP contribution in [0.4, 0.5) is 0 Å². The van der Waals surface area contributed by atoms with Crippen LogP contribution < -0.4 is 11.1 Å². The summed E-state index contributed by atoms with van der Waals surface area (Å²) < 4.78 is 0. The molecule has 0 aromatic rings. The number of thioether (sulfide) groups is 1. The highest BCUT2D eigenvalue weighted by Crippen LogP contribution is 2.20. The average molecular weight is 231 g/mol. The van der Waals surface area contributed by atoms with Gasteiger partial charge < -0.3 is 16.0 Å². The fraction of sp³-hybridized carbons (Fsp3) is 0.778. The maximum atomic E-state index is 11.8. The van der Waals surface area contributed by atoms with Gasteiger partial charge in [0.15, 0.2) is 0 Å². The van der Waals surface area contributed by atoms with Gasteiger partial charge in [-0.3, -0.25) is 9.59 Å². The monoisotopic (exact) mass is 231 g/mol. The van der Waals surface area contributed by atoms with E-state index in [0.717, 1.165) is 0 Å². The second-order valence-electron chi connectivity index (χ2n) is 3.65. The summed E-state index contributed by atoms with van der Waals surface area (Å²) in [4.78, 5) is 24.6. The van der Waals surface area contributed by atoms with Crippen LogP contribution in [0.2, 0.25) is 0 Å². The molecular weight excluding hydrogens is 214 g/mol. The molecule has 15 heavy (non-hydrogen) atoms. The number of carbonyl (C=O) groups excluding carboxylic acids is 2. The number of nitrogens with two attached hydrogens (primary N) is 1. The number of hydrogen-bond acceptors (Lipinski definition) is 4. The molecule has 0 aromatic heterocycles. The van der Waals surface area contributed by atoms with E-state index in [-0.39, 0.29) is 23.9 Å². The molecule has 0 spiro atoms. The Kier molecular flexibility index (Phi) is 4.41. The first-order valence-electron chi connectivity index (χ1n) is 4.91. The molecule has 6 heteroatoms. The fourth-order valence-electron chi connectivity index (χ4n) is 1.37. The number of amides is 2. The Morgan fingerprint density at radius 3 is 2.87 bits per heavy atom. The predicted octanol–water partition coefficient (Wildman–Crippen LogP) is -0.629. The molecule has 86 valence electrons. The maximum Gasteiger partial charge on any atom is 0.243 e. The van der Waals surface area contributed by atoms with Gasteiger partial charge in [-0.1, -0.05) is 0 Å². The Morgan fingerprint density at radius 2 is 2.33 bits per heavy atom. The van der Waals surface area contributed by atoms with E-state index in [1.165, 1.54) is 6.92 Å². The third-order valence-corrected chi connectivity index (χ3v) is 3.34. The molecule has 0 aromatic carbocycles. The maximum absolute atomic E-state index is 11.8. The zero-order valence-electron chi connectivity index (χ0n) is 9.03. The summed E-state index contributed by atoms with van der Waals surface area (Å²) in [7, 11) is 0. The Morgan fingerprint density at radius 1 is 1.67 bits per heavy atom. The van der Waals surface area contributed by atoms with Gasteiger partial charge in [0, 0.05) is 25.3 Å². The topological polar surface area (TPSA) is 75.4 Å². The minimum absolute atomic E-state index is 0.0445. The lowest BCUT2D eigenvalue weighted by atomic mass is 10.2. The highest BCUT2D eigenvalue weighted by atomic mass is 32.2. The summed E-state index contributed by atoms with van der Waals surface area (Å²) in [5, 5.41) is 2.79. The number of rotatable bonds is 3. The molecule has 2 atom stereocenters. The van der Waals surface area contributed by atoms with E-state index in [1.807, 2.05) is 6.92 Å². The lowest BCUT2D eigenvalue weighted by Gasteiger charge is -2.23. The summed E-state index contributed by atoms with van der Waals surface area (Å²) in [5.41, 5.74) is 5.41. The molecule has 3 N–H and O–H groups in total. The first-order valence-corrected chi connectivity index (χ1v) is 6.07. The molecule has 0 aliphatic carbocycles. The van der Waals surface area contributed by atoms with Gasteiger partial charge in [-0.2, -0.15) is 0 Å². The SMILES string of the molecule is CC(=O)N1CSCC1C(=O)N[C@@H](C)CN. The number of hydrogen-bond donors (Lipinski definition) is 2. The Labute approximate surface area is 93.7 Å². The summed E-state index contributed by atoms with van der Waals surface area (Å²) in [6.45, 7) is 3.74. The van der Waals surface area contributed by atoms with E-state index in [4.69, 9.17) is 5.73 Å². The van der Waals surface area contributed by atoms with Crippen LogP contribution in [-0.2, 0) is 9.59 Å². The van der Waals surface area contributed by atoms with Crippen LogP contribution in [0.3, 0.4) is 0 Å². The van der Waals surface area contributed by atoms with Crippen molar-refractivity contribution in [1.82, 2.24) is 10.2 Å². The van der Waals surface area contributed by atoms with Crippen molar-refractivity contribution in [2.24, 2.45) is 5.73 Å². The average Bonchev–Trinajstić information content (AvgIpc) is 2.65. The van der Waals surface area contributed by atoms with Crippen molar-refractivity contribution in [3.8, 4) is 0 Å². The molecule has 1 fully saturated rings. The second kappa shape index (κ2) is 5.37. The molecule has 5 nitrogen and oxygen atoms in total. The molecule has 0 bridgehead atoms. The first-order chi connectivity index (χ1) is 7.06. The van der Waals surface area contributed by atoms with Crippen LogP contribution >= 0.6 is 11.8 Å². The van der Waals surface area contributed by atoms with Gasteiger partial charge in [0.25, 0.3) is 0 Å². The molecule has 1 aliphatic rings. The number of nitrogens with zero attached hydrogens (tertiary/aromatic N) is 1. The molecular formula is C9H17N3O2S. The van der Waals surface area contributed by atoms with E-state index >= 15 is 0 Å². The fourth-order valence-corrected chi connectivity index (χ4v) is 2.59. The van der Waals surface area contributed by atoms with Crippen LogP contribution in [0.15, 0.2) is 0 Å². The normalized spacial score (nSPS) is 22.6. The second-order valence-corrected chi connectivity index (χ2v) is 4.65. The largest absolute Gasteiger partial charge is 0.351 e. The lowest BCUT2D eigenvalue weighted by Crippen LogP contribution is -2.50. The summed E-state index contributed by atoms with van der Waals surface area (Å²) in [5.74, 6) is 1.11. The van der Waals surface area contributed by atoms with Gasteiger partial charge in [-0.15, -0.1) is 11.8 Å². The van der Waals surface area contributed by atoms with Gasteiger partial charge in [-0.25, -0.2) is 0 Å². The predicted molar refractivity (Wildman–Crippen MR) is 60.3 cm³/mol. The Bertz CT molecular complexity index is 260. The van der Waals surface area contributed by atoms with E-state index in [2.05, 4.69) is 5.32 Å². The van der Waals surface area contributed by atoms with Gasteiger partial charge in [0.2, 0.25) is 11.8 Å². The third kappa shape index (κ3) is 3.10. The third-order valence-electron chi connectivity index (χ3n) is 2.33. The van der Waals surface area contributed by atoms with Gasteiger partial charge in [-0.05, 0) is 6.92 Å². The van der Waals surface area contributed by atoms with Gasteiger partial charge in [0.1, 0.15) is 6.04 Å². The van der Waals surface area contributed by atoms with Crippen molar-refractivity contribution in [1.29, 1.82) is 0 Å². The number of nitrogens with one attached hydrogen (secondary N) is 1. The minimum Gasteiger partial charge on any atom is -0.351 e. The number of carbonyl (C=O) groups is 2. The standard InChI is InChI=1S/C9H17N3O2S/c1-6(3-10)11-9(14)8-4-15-5-12(8)7(2)13/h6,8H,3-5,10H2,1-2H3,(H,11,14)/t6-,8?/m0/s1. The van der Waals surface area contributed by atoms with Crippen LogP contribution in [-0.4, -0.2) is 47.0 Å². The van der Waals surface area contributed by atoms with Crippen LogP contribution in [0.5, 0.6) is 0 Å². The zero-order chi connectivity index (χ0) is 11.4. The molecule has 0 saturated carbocycles. The highest BCUT2D eigenvalue weighted by Gasteiger charge is 2.33. The highest BCUT2D eigenvalue weighted by molar-refractivity contribution is 7.99. The van der Waals surface area contributed by atoms with E-state index in [1.54, 1.807) is 16.7 Å². The van der Waals surface area contributed by atoms with Crippen LogP contribution in [0.1, 0.15) is 13.8 Å². The van der Waals surface area contributed by atoms with E-state index in [0.29, 0.717) is 18.2 Å². The van der Waals surface area contributed by atoms with Crippen molar-refractivity contribution < 1.29 is 9.59 Å². The van der Waals surface area contributed by atoms with Gasteiger partial charge >= 0.3 is 0 Å². The zero-order valence-corrected chi connectivity index (χ0v) is 9.84.